The Kier molecular flexibility index (Phi) is 59.2. The molecule has 0 N–H and O–H groups in total. The zero-order valence-corrected chi connectivity index (χ0v) is 48.7. The quantitative estimate of drug-likeness (QED) is 0.0261. The third-order valence-corrected chi connectivity index (χ3v) is 14.0. The second kappa shape index (κ2) is 61.7. The van der Waals surface area contributed by atoms with Crippen LogP contribution in [0, 0.1) is 0 Å². The molecule has 0 saturated heterocycles. The van der Waals surface area contributed by atoms with E-state index < -0.39 is 6.10 Å². The van der Waals surface area contributed by atoms with Gasteiger partial charge in [-0.2, -0.15) is 0 Å². The van der Waals surface area contributed by atoms with E-state index in [4.69, 9.17) is 14.2 Å². The molecule has 0 aliphatic carbocycles. The van der Waals surface area contributed by atoms with Gasteiger partial charge in [0, 0.05) is 19.3 Å². The van der Waals surface area contributed by atoms with E-state index in [0.29, 0.717) is 19.3 Å². The number of allylic oxidation sites excluding steroid dienone is 10. The number of carbonyl (C=O) groups excluding carboxylic acids is 3. The maximum Gasteiger partial charge on any atom is 0.306 e. The molecule has 0 heterocycles. The number of carbonyl (C=O) groups is 3. The molecule has 0 fully saturated rings. The number of hydrogen-bond acceptors (Lipinski definition) is 6. The van der Waals surface area contributed by atoms with Crippen LogP contribution in [0.5, 0.6) is 0 Å². The molecule has 0 bridgehead atoms. The molecule has 0 amide bonds. The van der Waals surface area contributed by atoms with Crippen LogP contribution in [0.3, 0.4) is 0 Å². The summed E-state index contributed by atoms with van der Waals surface area (Å²) in [6.45, 7) is 6.53. The Labute approximate surface area is 453 Å². The average molecular weight is 1020 g/mol. The fraction of sp³-hybridized carbons (Fsp3) is 0.806. The molecule has 0 aromatic rings. The zero-order valence-electron chi connectivity index (χ0n) is 48.7. The minimum atomic E-state index is -0.793. The highest BCUT2D eigenvalue weighted by molar-refractivity contribution is 5.71. The fourth-order valence-electron chi connectivity index (χ4n) is 9.25. The van der Waals surface area contributed by atoms with Gasteiger partial charge in [0.15, 0.2) is 6.10 Å². The zero-order chi connectivity index (χ0) is 52.9. The van der Waals surface area contributed by atoms with E-state index in [1.807, 2.05) is 0 Å². The molecular weight excluding hydrogens is 901 g/mol. The molecular formula is C67H120O6. The minimum absolute atomic E-state index is 0.0860. The van der Waals surface area contributed by atoms with Crippen LogP contribution in [0.15, 0.2) is 60.8 Å². The Morgan fingerprint density at radius 2 is 0.534 bits per heavy atom. The Bertz CT molecular complexity index is 1310. The van der Waals surface area contributed by atoms with Crippen molar-refractivity contribution in [2.24, 2.45) is 0 Å². The summed E-state index contributed by atoms with van der Waals surface area (Å²) in [7, 11) is 0. The molecule has 1 unspecified atom stereocenters. The van der Waals surface area contributed by atoms with Gasteiger partial charge in [0.25, 0.3) is 0 Å². The fourth-order valence-corrected chi connectivity index (χ4v) is 9.25. The summed E-state index contributed by atoms with van der Waals surface area (Å²) in [6, 6.07) is 0. The van der Waals surface area contributed by atoms with Gasteiger partial charge in [-0.15, -0.1) is 0 Å². The predicted octanol–water partition coefficient (Wildman–Crippen LogP) is 21.6. The van der Waals surface area contributed by atoms with Gasteiger partial charge in [-0.05, 0) is 83.5 Å². The summed E-state index contributed by atoms with van der Waals surface area (Å²) in [6.07, 6.45) is 78.0. The van der Waals surface area contributed by atoms with Gasteiger partial charge >= 0.3 is 17.9 Å². The molecule has 0 radical (unpaired) electrons. The number of rotatable bonds is 58. The van der Waals surface area contributed by atoms with Crippen LogP contribution in [0.25, 0.3) is 0 Å². The number of hydrogen-bond donors (Lipinski definition) is 0. The van der Waals surface area contributed by atoms with Crippen molar-refractivity contribution in [2.75, 3.05) is 13.2 Å². The van der Waals surface area contributed by atoms with Crippen LogP contribution in [-0.2, 0) is 28.6 Å². The predicted molar refractivity (Wildman–Crippen MR) is 316 cm³/mol. The summed E-state index contributed by atoms with van der Waals surface area (Å²) >= 11 is 0. The highest BCUT2D eigenvalue weighted by atomic mass is 16.6. The molecule has 0 aromatic heterocycles. The molecule has 0 rings (SSSR count). The third-order valence-electron chi connectivity index (χ3n) is 14.0. The van der Waals surface area contributed by atoms with E-state index >= 15 is 0 Å². The second-order valence-corrected chi connectivity index (χ2v) is 21.3. The van der Waals surface area contributed by atoms with Crippen molar-refractivity contribution in [3.63, 3.8) is 0 Å². The Morgan fingerprint density at radius 1 is 0.288 bits per heavy atom. The second-order valence-electron chi connectivity index (χ2n) is 21.3. The standard InChI is InChI=1S/C67H120O6/c1-4-7-10-13-16-19-22-25-28-30-32-33-34-35-37-39-42-45-48-51-54-57-60-66(69)72-63-64(62-71-65(68)59-56-53-50-47-44-41-38-27-24-21-18-15-12-9-6-3)73-67(70)61-58-55-52-49-46-43-40-36-31-29-26-23-20-17-14-11-8-5-2/h9,12,18,21,27,29,31,38,44,47,64H,4-8,10-11,13-17,19-20,22-26,28,30,32-37,39-43,45-46,48-63H2,1-3H3/b12-9-,21-18-,31-29-,38-27-,47-44-. The normalized spacial score (nSPS) is 12.4. The Morgan fingerprint density at radius 3 is 0.877 bits per heavy atom. The summed E-state index contributed by atoms with van der Waals surface area (Å²) in [5, 5.41) is 0. The first-order valence-corrected chi connectivity index (χ1v) is 31.8. The lowest BCUT2D eigenvalue weighted by Crippen LogP contribution is -2.30. The topological polar surface area (TPSA) is 78.9 Å². The average Bonchev–Trinajstić information content (AvgIpc) is 3.39. The molecule has 0 saturated carbocycles. The minimum Gasteiger partial charge on any atom is -0.462 e. The maximum absolute atomic E-state index is 12.9. The van der Waals surface area contributed by atoms with Gasteiger partial charge in [0.05, 0.1) is 0 Å². The largest absolute Gasteiger partial charge is 0.462 e. The number of unbranched alkanes of at least 4 members (excludes halogenated alkanes) is 37. The first kappa shape index (κ1) is 70.1. The van der Waals surface area contributed by atoms with Crippen molar-refractivity contribution in [1.29, 1.82) is 0 Å². The Balaban J connectivity index is 4.35. The molecule has 6 nitrogen and oxygen atoms in total. The van der Waals surface area contributed by atoms with Gasteiger partial charge < -0.3 is 14.2 Å². The van der Waals surface area contributed by atoms with Crippen LogP contribution < -0.4 is 0 Å². The van der Waals surface area contributed by atoms with Gasteiger partial charge in [-0.1, -0.05) is 287 Å². The van der Waals surface area contributed by atoms with Crippen molar-refractivity contribution < 1.29 is 28.6 Å². The van der Waals surface area contributed by atoms with Gasteiger partial charge in [-0.25, -0.2) is 0 Å². The monoisotopic (exact) mass is 1020 g/mol. The summed E-state index contributed by atoms with van der Waals surface area (Å²) < 4.78 is 16.9. The summed E-state index contributed by atoms with van der Waals surface area (Å²) in [5.41, 5.74) is 0. The molecule has 0 spiro atoms. The lowest BCUT2D eigenvalue weighted by atomic mass is 10.0. The van der Waals surface area contributed by atoms with Crippen molar-refractivity contribution >= 4 is 17.9 Å². The van der Waals surface area contributed by atoms with Crippen LogP contribution >= 0.6 is 0 Å². The van der Waals surface area contributed by atoms with E-state index in [-0.39, 0.29) is 31.1 Å². The lowest BCUT2D eigenvalue weighted by molar-refractivity contribution is -0.167. The first-order valence-electron chi connectivity index (χ1n) is 31.8. The van der Waals surface area contributed by atoms with Crippen molar-refractivity contribution in [2.45, 2.75) is 335 Å². The van der Waals surface area contributed by atoms with Gasteiger partial charge in [0.1, 0.15) is 13.2 Å². The van der Waals surface area contributed by atoms with E-state index in [1.165, 1.54) is 205 Å². The molecule has 0 aliphatic rings. The molecule has 6 heteroatoms. The molecule has 1 atom stereocenters. The van der Waals surface area contributed by atoms with Gasteiger partial charge in [0.2, 0.25) is 0 Å². The highest BCUT2D eigenvalue weighted by Crippen LogP contribution is 2.17. The smallest absolute Gasteiger partial charge is 0.306 e. The third kappa shape index (κ3) is 59.9. The van der Waals surface area contributed by atoms with Crippen LogP contribution in [0.4, 0.5) is 0 Å². The van der Waals surface area contributed by atoms with Gasteiger partial charge in [-0.3, -0.25) is 14.4 Å². The van der Waals surface area contributed by atoms with Crippen LogP contribution in [0.2, 0.25) is 0 Å². The van der Waals surface area contributed by atoms with Crippen molar-refractivity contribution in [1.82, 2.24) is 0 Å². The van der Waals surface area contributed by atoms with E-state index in [0.717, 1.165) is 83.5 Å². The van der Waals surface area contributed by atoms with Crippen molar-refractivity contribution in [3.8, 4) is 0 Å². The highest BCUT2D eigenvalue weighted by Gasteiger charge is 2.19. The van der Waals surface area contributed by atoms with Crippen molar-refractivity contribution in [3.05, 3.63) is 60.8 Å². The lowest BCUT2D eigenvalue weighted by Gasteiger charge is -2.18. The number of esters is 3. The SMILES string of the molecule is CC/C=C\C/C=C\C/C=C\C/C=C\CCCCC(=O)OCC(COC(=O)CCCCCCCCCCCCCCCCCCCCCCCC)OC(=O)CCCCCCCCC/C=C\CCCCCCCCC. The first-order chi connectivity index (χ1) is 36.0. The summed E-state index contributed by atoms with van der Waals surface area (Å²) in [4.78, 5) is 38.3. The van der Waals surface area contributed by atoms with E-state index in [1.54, 1.807) is 0 Å². The van der Waals surface area contributed by atoms with Crippen LogP contribution in [0.1, 0.15) is 329 Å². The van der Waals surface area contributed by atoms with Crippen LogP contribution in [-0.4, -0.2) is 37.2 Å². The maximum atomic E-state index is 12.9. The molecule has 424 valence electrons. The number of ether oxygens (including phenoxy) is 3. The van der Waals surface area contributed by atoms with E-state index in [2.05, 4.69) is 81.5 Å². The van der Waals surface area contributed by atoms with E-state index in [9.17, 15) is 14.4 Å². The molecule has 0 aliphatic heterocycles. The Hall–Kier alpha value is -2.89. The summed E-state index contributed by atoms with van der Waals surface area (Å²) in [5.74, 6) is -0.916. The molecule has 73 heavy (non-hydrogen) atoms. The molecule has 0 aromatic carbocycles.